The molecule has 1 aromatic carbocycles. The van der Waals surface area contributed by atoms with Crippen LogP contribution in [0.2, 0.25) is 5.15 Å². The van der Waals surface area contributed by atoms with E-state index in [1.165, 1.54) is 0 Å². The summed E-state index contributed by atoms with van der Waals surface area (Å²) in [6.07, 6.45) is 0.606. The minimum atomic E-state index is 0.367. The van der Waals surface area contributed by atoms with E-state index >= 15 is 0 Å². The van der Waals surface area contributed by atoms with Crippen LogP contribution in [0, 0.1) is 0 Å². The summed E-state index contributed by atoms with van der Waals surface area (Å²) in [5, 5.41) is 8.32. The Morgan fingerprint density at radius 1 is 1.16 bits per heavy atom. The molecular formula is C13H13ClN4S. The predicted molar refractivity (Wildman–Crippen MR) is 81.9 cm³/mol. The third kappa shape index (κ3) is 3.87. The average Bonchev–Trinajstić information content (AvgIpc) is 2.42. The predicted octanol–water partition coefficient (Wildman–Crippen LogP) is 2.94. The van der Waals surface area contributed by atoms with Gasteiger partial charge in [0, 0.05) is 18.7 Å². The van der Waals surface area contributed by atoms with Gasteiger partial charge in [-0.3, -0.25) is 0 Å². The maximum absolute atomic E-state index is 5.76. The lowest BCUT2D eigenvalue weighted by Crippen LogP contribution is -2.24. The third-order valence-corrected chi connectivity index (χ3v) is 2.95. The molecule has 2 aromatic rings. The van der Waals surface area contributed by atoms with E-state index in [0.717, 1.165) is 5.69 Å². The van der Waals surface area contributed by atoms with Crippen molar-refractivity contribution in [3.63, 3.8) is 0 Å². The molecule has 4 nitrogen and oxygen atoms in total. The topological polar surface area (TPSA) is 55.0 Å². The van der Waals surface area contributed by atoms with Crippen LogP contribution in [-0.4, -0.2) is 21.7 Å². The highest BCUT2D eigenvalue weighted by atomic mass is 35.5. The number of hydrogen-bond acceptors (Lipinski definition) is 4. The fourth-order valence-electron chi connectivity index (χ4n) is 1.66. The lowest BCUT2D eigenvalue weighted by molar-refractivity contribution is 0.905. The second-order valence-electron chi connectivity index (χ2n) is 3.92. The van der Waals surface area contributed by atoms with E-state index in [0.29, 0.717) is 28.9 Å². The Morgan fingerprint density at radius 3 is 2.47 bits per heavy atom. The highest BCUT2D eigenvalue weighted by Crippen LogP contribution is 2.23. The summed E-state index contributed by atoms with van der Waals surface area (Å²) in [7, 11) is 0. The Bertz CT molecular complexity index is 544. The summed E-state index contributed by atoms with van der Waals surface area (Å²) in [6, 6.07) is 13.4. The number of thiocarbonyl (C=S) groups is 1. The molecule has 0 radical (unpaired) electrons. The molecule has 0 fully saturated rings. The molecule has 6 heteroatoms. The number of anilines is 2. The lowest BCUT2D eigenvalue weighted by atomic mass is 10.2. The number of nitrogens with two attached hydrogens (primary N) is 1. The Morgan fingerprint density at radius 2 is 1.89 bits per heavy atom. The normalized spacial score (nSPS) is 10.2. The van der Waals surface area contributed by atoms with Crippen LogP contribution in [-0.2, 0) is 0 Å². The van der Waals surface area contributed by atoms with Crippen molar-refractivity contribution in [2.75, 3.05) is 11.4 Å². The zero-order valence-corrected chi connectivity index (χ0v) is 11.7. The molecule has 1 aromatic heterocycles. The SMILES string of the molecule is NC(=S)CCN(c1ccccc1)c1ccc(Cl)nn1. The van der Waals surface area contributed by atoms with Crippen molar-refractivity contribution >= 4 is 40.3 Å². The van der Waals surface area contributed by atoms with Gasteiger partial charge in [0.15, 0.2) is 11.0 Å². The summed E-state index contributed by atoms with van der Waals surface area (Å²) in [6.45, 7) is 0.648. The summed E-state index contributed by atoms with van der Waals surface area (Å²) in [4.78, 5) is 2.48. The summed E-state index contributed by atoms with van der Waals surface area (Å²) < 4.78 is 0. The van der Waals surface area contributed by atoms with Crippen molar-refractivity contribution in [2.45, 2.75) is 6.42 Å². The van der Waals surface area contributed by atoms with Gasteiger partial charge < -0.3 is 10.6 Å². The van der Waals surface area contributed by atoms with E-state index in [-0.39, 0.29) is 0 Å². The third-order valence-electron chi connectivity index (χ3n) is 2.54. The van der Waals surface area contributed by atoms with E-state index in [4.69, 9.17) is 29.6 Å². The fourth-order valence-corrected chi connectivity index (χ4v) is 1.85. The van der Waals surface area contributed by atoms with Gasteiger partial charge in [-0.25, -0.2) is 0 Å². The largest absolute Gasteiger partial charge is 0.393 e. The summed E-state index contributed by atoms with van der Waals surface area (Å²) in [5.41, 5.74) is 6.58. The highest BCUT2D eigenvalue weighted by molar-refractivity contribution is 7.80. The molecule has 98 valence electrons. The molecule has 0 bridgehead atoms. The number of aromatic nitrogens is 2. The van der Waals surface area contributed by atoms with Gasteiger partial charge in [-0.15, -0.1) is 10.2 Å². The van der Waals surface area contributed by atoms with Crippen LogP contribution in [0.5, 0.6) is 0 Å². The summed E-state index contributed by atoms with van der Waals surface area (Å²) in [5.74, 6) is 0.715. The minimum absolute atomic E-state index is 0.367. The molecule has 0 spiro atoms. The lowest BCUT2D eigenvalue weighted by Gasteiger charge is -2.23. The van der Waals surface area contributed by atoms with E-state index in [9.17, 15) is 0 Å². The molecule has 0 aliphatic heterocycles. The van der Waals surface area contributed by atoms with Crippen LogP contribution in [0.3, 0.4) is 0 Å². The van der Waals surface area contributed by atoms with E-state index in [2.05, 4.69) is 10.2 Å². The molecule has 1 heterocycles. The number of nitrogens with zero attached hydrogens (tertiary/aromatic N) is 3. The maximum atomic E-state index is 5.76. The van der Waals surface area contributed by atoms with Crippen molar-refractivity contribution in [1.29, 1.82) is 0 Å². The van der Waals surface area contributed by atoms with Gasteiger partial charge in [0.2, 0.25) is 0 Å². The minimum Gasteiger partial charge on any atom is -0.393 e. The van der Waals surface area contributed by atoms with E-state index in [1.807, 2.05) is 41.3 Å². The molecule has 0 atom stereocenters. The van der Waals surface area contributed by atoms with Crippen molar-refractivity contribution in [1.82, 2.24) is 10.2 Å². The van der Waals surface area contributed by atoms with Crippen LogP contribution >= 0.6 is 23.8 Å². The van der Waals surface area contributed by atoms with E-state index < -0.39 is 0 Å². The van der Waals surface area contributed by atoms with Gasteiger partial charge in [0.1, 0.15) is 0 Å². The van der Waals surface area contributed by atoms with Gasteiger partial charge in [-0.05, 0) is 24.3 Å². The first-order valence-electron chi connectivity index (χ1n) is 5.77. The molecule has 0 saturated heterocycles. The van der Waals surface area contributed by atoms with Crippen LogP contribution in [0.4, 0.5) is 11.5 Å². The second kappa shape index (κ2) is 6.45. The maximum Gasteiger partial charge on any atom is 0.155 e. The van der Waals surface area contributed by atoms with Crippen molar-refractivity contribution in [3.8, 4) is 0 Å². The zero-order chi connectivity index (χ0) is 13.7. The average molecular weight is 293 g/mol. The Kier molecular flexibility index (Phi) is 4.65. The molecule has 0 aliphatic carbocycles. The number of halogens is 1. The quantitative estimate of drug-likeness (QED) is 0.859. The summed E-state index contributed by atoms with van der Waals surface area (Å²) >= 11 is 10.7. The van der Waals surface area contributed by atoms with E-state index in [1.54, 1.807) is 6.07 Å². The fraction of sp³-hybridized carbons (Fsp3) is 0.154. The van der Waals surface area contributed by atoms with Crippen LogP contribution in [0.25, 0.3) is 0 Å². The van der Waals surface area contributed by atoms with Gasteiger partial charge in [-0.2, -0.15) is 0 Å². The van der Waals surface area contributed by atoms with Crippen molar-refractivity contribution < 1.29 is 0 Å². The van der Waals surface area contributed by atoms with Gasteiger partial charge in [-0.1, -0.05) is 42.0 Å². The second-order valence-corrected chi connectivity index (χ2v) is 4.83. The molecule has 0 unspecified atom stereocenters. The first-order chi connectivity index (χ1) is 9.16. The van der Waals surface area contributed by atoms with Crippen LogP contribution in [0.15, 0.2) is 42.5 Å². The molecular weight excluding hydrogens is 280 g/mol. The number of benzene rings is 1. The monoisotopic (exact) mass is 292 g/mol. The molecule has 0 aliphatic rings. The Hall–Kier alpha value is -1.72. The zero-order valence-electron chi connectivity index (χ0n) is 10.2. The Balaban J connectivity index is 2.28. The molecule has 19 heavy (non-hydrogen) atoms. The molecule has 0 saturated carbocycles. The van der Waals surface area contributed by atoms with Gasteiger partial charge in [0.25, 0.3) is 0 Å². The van der Waals surface area contributed by atoms with Gasteiger partial charge in [0.05, 0.1) is 4.99 Å². The van der Waals surface area contributed by atoms with Crippen LogP contribution < -0.4 is 10.6 Å². The molecule has 2 N–H and O–H groups in total. The molecule has 0 amide bonds. The highest BCUT2D eigenvalue weighted by Gasteiger charge is 2.11. The number of rotatable bonds is 5. The van der Waals surface area contributed by atoms with Gasteiger partial charge >= 0.3 is 0 Å². The first kappa shape index (κ1) is 13.7. The van der Waals surface area contributed by atoms with Crippen molar-refractivity contribution in [3.05, 3.63) is 47.6 Å². The van der Waals surface area contributed by atoms with Crippen molar-refractivity contribution in [2.24, 2.45) is 5.73 Å². The first-order valence-corrected chi connectivity index (χ1v) is 6.55. The number of hydrogen-bond donors (Lipinski definition) is 1. The number of para-hydroxylation sites is 1. The Labute approximate surface area is 122 Å². The van der Waals surface area contributed by atoms with Crippen LogP contribution in [0.1, 0.15) is 6.42 Å². The standard InChI is InChI=1S/C13H13ClN4S/c14-11-6-7-13(17-16-11)18(9-8-12(15)19)10-4-2-1-3-5-10/h1-7H,8-9H2,(H2,15,19). The molecule has 2 rings (SSSR count). The smallest absolute Gasteiger partial charge is 0.155 e.